The van der Waals surface area contributed by atoms with Crippen LogP contribution < -0.4 is 0 Å². The van der Waals surface area contributed by atoms with E-state index in [1.165, 1.54) is 11.1 Å². The topological polar surface area (TPSA) is 57.8 Å². The standard InChI is InChI=1S/C27H31N5O/c1-5-21-13-15-22(16-14-21)23-10-9-17-32-26(29-30-27(23)32)12-8-7-11-25(33-4)24(6-2)31-18-20(3)28-19-31/h6-8,11-16,18-19,23H,2,5,9-10,17H2,1,3-4H3/b11-7+,12-8+,25-24-. The first kappa shape index (κ1) is 22.5. The first-order chi connectivity index (χ1) is 16.1. The normalized spacial score (nSPS) is 16.8. The summed E-state index contributed by atoms with van der Waals surface area (Å²) in [6, 6.07) is 8.92. The fourth-order valence-corrected chi connectivity index (χ4v) is 4.25. The zero-order chi connectivity index (χ0) is 23.2. The highest BCUT2D eigenvalue weighted by molar-refractivity contribution is 5.62. The monoisotopic (exact) mass is 441 g/mol. The van der Waals surface area contributed by atoms with Crippen LogP contribution >= 0.6 is 0 Å². The van der Waals surface area contributed by atoms with Gasteiger partial charge in [-0.1, -0.05) is 49.9 Å². The molecule has 1 atom stereocenters. The number of hydrogen-bond donors (Lipinski definition) is 0. The maximum atomic E-state index is 5.58. The third-order valence-corrected chi connectivity index (χ3v) is 6.04. The Morgan fingerprint density at radius 1 is 1.21 bits per heavy atom. The number of methoxy groups -OCH3 is 1. The highest BCUT2D eigenvalue weighted by atomic mass is 16.5. The van der Waals surface area contributed by atoms with Crippen molar-refractivity contribution in [2.45, 2.75) is 45.6 Å². The molecule has 3 heterocycles. The van der Waals surface area contributed by atoms with Crippen LogP contribution in [0.4, 0.5) is 0 Å². The second kappa shape index (κ2) is 10.3. The first-order valence-corrected chi connectivity index (χ1v) is 11.4. The Balaban J connectivity index is 1.53. The summed E-state index contributed by atoms with van der Waals surface area (Å²) >= 11 is 0. The lowest BCUT2D eigenvalue weighted by Gasteiger charge is -2.23. The molecule has 2 aromatic heterocycles. The van der Waals surface area contributed by atoms with Crippen molar-refractivity contribution in [3.63, 3.8) is 0 Å². The number of allylic oxidation sites excluding steroid dienone is 5. The van der Waals surface area contributed by atoms with Crippen LogP contribution in [-0.2, 0) is 17.7 Å². The summed E-state index contributed by atoms with van der Waals surface area (Å²) in [5, 5.41) is 9.02. The van der Waals surface area contributed by atoms with Crippen LogP contribution in [0.25, 0.3) is 11.8 Å². The molecule has 1 aliphatic heterocycles. The highest BCUT2D eigenvalue weighted by Crippen LogP contribution is 2.33. The van der Waals surface area contributed by atoms with E-state index in [1.54, 1.807) is 19.5 Å². The van der Waals surface area contributed by atoms with Crippen molar-refractivity contribution in [1.82, 2.24) is 24.3 Å². The third kappa shape index (κ3) is 4.90. The number of ether oxygens (including phenoxy) is 1. The van der Waals surface area contributed by atoms with Crippen LogP contribution in [0, 0.1) is 6.92 Å². The van der Waals surface area contributed by atoms with Crippen molar-refractivity contribution in [2.24, 2.45) is 0 Å². The van der Waals surface area contributed by atoms with Gasteiger partial charge in [0.15, 0.2) is 5.82 Å². The van der Waals surface area contributed by atoms with Crippen LogP contribution in [0.5, 0.6) is 0 Å². The zero-order valence-electron chi connectivity index (χ0n) is 19.6. The summed E-state index contributed by atoms with van der Waals surface area (Å²) in [6.45, 7) is 8.99. The Kier molecular flexibility index (Phi) is 7.03. The molecule has 1 aliphatic rings. The third-order valence-electron chi connectivity index (χ3n) is 6.04. The van der Waals surface area contributed by atoms with E-state index in [-0.39, 0.29) is 0 Å². The van der Waals surface area contributed by atoms with Gasteiger partial charge in [0.25, 0.3) is 0 Å². The molecule has 0 N–H and O–H groups in total. The molecule has 0 spiro atoms. The Hall–Kier alpha value is -3.67. The van der Waals surface area contributed by atoms with Gasteiger partial charge in [0, 0.05) is 18.7 Å². The lowest BCUT2D eigenvalue weighted by atomic mass is 9.90. The lowest BCUT2D eigenvalue weighted by molar-refractivity contribution is 0.307. The van der Waals surface area contributed by atoms with Crippen LogP contribution in [0.15, 0.2) is 73.4 Å². The number of aryl methyl sites for hydroxylation is 2. The maximum absolute atomic E-state index is 5.58. The van der Waals surface area contributed by atoms with Gasteiger partial charge in [-0.05, 0) is 55.5 Å². The Bertz CT molecular complexity index is 1190. The minimum atomic E-state index is 0.298. The van der Waals surface area contributed by atoms with Crippen LogP contribution in [0.3, 0.4) is 0 Å². The summed E-state index contributed by atoms with van der Waals surface area (Å²) in [6.07, 6.45) is 16.5. The van der Waals surface area contributed by atoms with Gasteiger partial charge in [0.1, 0.15) is 11.6 Å². The smallest absolute Gasteiger partial charge is 0.156 e. The molecule has 1 unspecified atom stereocenters. The Morgan fingerprint density at radius 3 is 2.70 bits per heavy atom. The van der Waals surface area contributed by atoms with Gasteiger partial charge in [-0.25, -0.2) is 4.98 Å². The summed E-state index contributed by atoms with van der Waals surface area (Å²) in [7, 11) is 1.65. The molecule has 3 aromatic rings. The van der Waals surface area contributed by atoms with Crippen molar-refractivity contribution >= 4 is 11.8 Å². The summed E-state index contributed by atoms with van der Waals surface area (Å²) < 4.78 is 9.72. The average molecular weight is 442 g/mol. The van der Waals surface area contributed by atoms with Gasteiger partial charge < -0.3 is 13.9 Å². The van der Waals surface area contributed by atoms with E-state index in [1.807, 2.05) is 42.0 Å². The maximum Gasteiger partial charge on any atom is 0.156 e. The Labute approximate surface area is 195 Å². The van der Waals surface area contributed by atoms with Crippen molar-refractivity contribution in [3.05, 3.63) is 102 Å². The Morgan fingerprint density at radius 2 is 2.03 bits per heavy atom. The summed E-state index contributed by atoms with van der Waals surface area (Å²) in [5.41, 5.74) is 4.45. The molecular formula is C27H31N5O. The van der Waals surface area contributed by atoms with E-state index in [0.717, 1.165) is 48.8 Å². The second-order valence-corrected chi connectivity index (χ2v) is 8.16. The van der Waals surface area contributed by atoms with E-state index >= 15 is 0 Å². The van der Waals surface area contributed by atoms with E-state index < -0.39 is 0 Å². The second-order valence-electron chi connectivity index (χ2n) is 8.16. The molecular weight excluding hydrogens is 410 g/mol. The molecule has 0 aliphatic carbocycles. The van der Waals surface area contributed by atoms with Gasteiger partial charge in [0.2, 0.25) is 0 Å². The van der Waals surface area contributed by atoms with Gasteiger partial charge >= 0.3 is 0 Å². The predicted molar refractivity (Wildman–Crippen MR) is 132 cm³/mol. The van der Waals surface area contributed by atoms with E-state index in [9.17, 15) is 0 Å². The first-order valence-electron chi connectivity index (χ1n) is 11.4. The fraction of sp³-hybridized carbons (Fsp3) is 0.296. The number of imidazole rings is 1. The van der Waals surface area contributed by atoms with Crippen molar-refractivity contribution in [1.29, 1.82) is 0 Å². The van der Waals surface area contributed by atoms with Crippen molar-refractivity contribution < 1.29 is 4.74 Å². The largest absolute Gasteiger partial charge is 0.495 e. The molecule has 0 amide bonds. The molecule has 170 valence electrons. The molecule has 0 fully saturated rings. The van der Waals surface area contributed by atoms with Crippen LogP contribution in [0.2, 0.25) is 0 Å². The molecule has 1 aromatic carbocycles. The number of benzene rings is 1. The molecule has 6 nitrogen and oxygen atoms in total. The van der Waals surface area contributed by atoms with E-state index in [4.69, 9.17) is 4.74 Å². The van der Waals surface area contributed by atoms with Crippen molar-refractivity contribution in [3.8, 4) is 0 Å². The lowest BCUT2D eigenvalue weighted by Crippen LogP contribution is -2.18. The average Bonchev–Trinajstić information content (AvgIpc) is 3.47. The van der Waals surface area contributed by atoms with E-state index in [2.05, 4.69) is 57.5 Å². The highest BCUT2D eigenvalue weighted by Gasteiger charge is 2.25. The minimum Gasteiger partial charge on any atom is -0.495 e. The number of hydrogen-bond acceptors (Lipinski definition) is 4. The van der Waals surface area contributed by atoms with Gasteiger partial charge in [0.05, 0.1) is 24.8 Å². The molecule has 33 heavy (non-hydrogen) atoms. The quantitative estimate of drug-likeness (QED) is 0.340. The SMILES string of the molecule is C=C\C(=C(/C=C/C=C/c1nnc2n1CCCC2c1ccc(CC)cc1)OC)n1cnc(C)c1. The van der Waals surface area contributed by atoms with Gasteiger partial charge in [-0.15, -0.1) is 10.2 Å². The van der Waals surface area contributed by atoms with Gasteiger partial charge in [-0.3, -0.25) is 0 Å². The zero-order valence-corrected chi connectivity index (χ0v) is 19.6. The number of nitrogens with zero attached hydrogens (tertiary/aromatic N) is 5. The molecule has 0 bridgehead atoms. The van der Waals surface area contributed by atoms with Gasteiger partial charge in [-0.2, -0.15) is 0 Å². The molecule has 4 rings (SSSR count). The summed E-state index contributed by atoms with van der Waals surface area (Å²) in [5.74, 6) is 2.93. The van der Waals surface area contributed by atoms with E-state index in [0.29, 0.717) is 11.7 Å². The molecule has 6 heteroatoms. The molecule has 0 radical (unpaired) electrons. The number of fused-ring (bicyclic) bond motifs is 1. The molecule has 0 saturated heterocycles. The van der Waals surface area contributed by atoms with Crippen LogP contribution in [-0.4, -0.2) is 31.4 Å². The number of rotatable bonds is 8. The predicted octanol–water partition coefficient (Wildman–Crippen LogP) is 5.54. The molecule has 0 saturated carbocycles. The summed E-state index contributed by atoms with van der Waals surface area (Å²) in [4.78, 5) is 4.28. The minimum absolute atomic E-state index is 0.298. The fourth-order valence-electron chi connectivity index (χ4n) is 4.25. The van der Waals surface area contributed by atoms with Crippen molar-refractivity contribution in [2.75, 3.05) is 7.11 Å². The number of aromatic nitrogens is 5. The van der Waals surface area contributed by atoms with Crippen LogP contribution in [0.1, 0.15) is 54.2 Å².